The molecule has 4 heterocycles. The number of nitrogens with one attached hydrogen (secondary N) is 2. The van der Waals surface area contributed by atoms with Crippen LogP contribution in [0.5, 0.6) is 0 Å². The molecule has 1 fully saturated rings. The van der Waals surface area contributed by atoms with Crippen molar-refractivity contribution >= 4 is 22.8 Å². The quantitative estimate of drug-likeness (QED) is 0.780. The van der Waals surface area contributed by atoms with Crippen LogP contribution in [-0.2, 0) is 0 Å². The molecule has 2 N–H and O–H groups in total. The van der Waals surface area contributed by atoms with Crippen LogP contribution in [0.3, 0.4) is 0 Å². The van der Waals surface area contributed by atoms with E-state index in [0.29, 0.717) is 6.04 Å². The molecule has 0 amide bonds. The van der Waals surface area contributed by atoms with Crippen molar-refractivity contribution in [2.75, 3.05) is 18.4 Å². The van der Waals surface area contributed by atoms with Gasteiger partial charge in [0.25, 0.3) is 0 Å². The molecule has 5 nitrogen and oxygen atoms in total. The van der Waals surface area contributed by atoms with Crippen molar-refractivity contribution in [1.29, 1.82) is 0 Å². The smallest absolute Gasteiger partial charge is 0.158 e. The van der Waals surface area contributed by atoms with Crippen LogP contribution in [0.2, 0.25) is 0 Å². The molecule has 1 aliphatic heterocycles. The third kappa shape index (κ3) is 2.41. The third-order valence-corrected chi connectivity index (χ3v) is 4.63. The van der Waals surface area contributed by atoms with Crippen LogP contribution in [0.4, 0.5) is 5.82 Å². The lowest BCUT2D eigenvalue weighted by Gasteiger charge is -2.14. The highest BCUT2D eigenvalue weighted by Crippen LogP contribution is 2.26. The fourth-order valence-electron chi connectivity index (χ4n) is 2.73. The zero-order chi connectivity index (χ0) is 14.2. The second-order valence-corrected chi connectivity index (χ2v) is 6.34. The van der Waals surface area contributed by atoms with Gasteiger partial charge < -0.3 is 10.6 Å². The number of nitrogens with zero attached hydrogens (tertiary/aromatic N) is 3. The van der Waals surface area contributed by atoms with E-state index < -0.39 is 0 Å². The molecule has 1 aliphatic rings. The van der Waals surface area contributed by atoms with Crippen LogP contribution in [-0.4, -0.2) is 33.7 Å². The van der Waals surface area contributed by atoms with Crippen LogP contribution in [0.15, 0.2) is 29.6 Å². The first-order chi connectivity index (χ1) is 10.3. The molecule has 3 aromatic heterocycles. The van der Waals surface area contributed by atoms with E-state index in [9.17, 15) is 0 Å². The summed E-state index contributed by atoms with van der Waals surface area (Å²) in [4.78, 5) is 5.76. The minimum Gasteiger partial charge on any atom is -0.366 e. The van der Waals surface area contributed by atoms with Gasteiger partial charge in [0.1, 0.15) is 11.5 Å². The molecule has 1 atom stereocenters. The summed E-state index contributed by atoms with van der Waals surface area (Å²) in [6, 6.07) is 8.72. The predicted octanol–water partition coefficient (Wildman–Crippen LogP) is 2.54. The summed E-state index contributed by atoms with van der Waals surface area (Å²) in [6.07, 6.45) is 1.14. The topological polar surface area (TPSA) is 54.2 Å². The van der Waals surface area contributed by atoms with E-state index in [4.69, 9.17) is 5.10 Å². The van der Waals surface area contributed by atoms with Gasteiger partial charge >= 0.3 is 0 Å². The molecule has 0 saturated carbocycles. The number of anilines is 1. The highest BCUT2D eigenvalue weighted by atomic mass is 32.1. The molecular weight excluding hydrogens is 282 g/mol. The van der Waals surface area contributed by atoms with Crippen molar-refractivity contribution in [2.45, 2.75) is 19.4 Å². The molecular formula is C15H17N5S. The van der Waals surface area contributed by atoms with Crippen LogP contribution in [0.25, 0.3) is 16.2 Å². The van der Waals surface area contributed by atoms with Gasteiger partial charge in [-0.2, -0.15) is 9.61 Å². The normalized spacial score (nSPS) is 18.4. The number of rotatable bonds is 3. The van der Waals surface area contributed by atoms with Crippen LogP contribution < -0.4 is 10.6 Å². The SMILES string of the molecule is Cc1cc(NC2CCNC2)n2nc(-c3cccs3)cc2n1. The molecule has 6 heteroatoms. The van der Waals surface area contributed by atoms with E-state index in [-0.39, 0.29) is 0 Å². The van der Waals surface area contributed by atoms with Crippen molar-refractivity contribution in [2.24, 2.45) is 0 Å². The summed E-state index contributed by atoms with van der Waals surface area (Å²) in [5.41, 5.74) is 2.89. The summed E-state index contributed by atoms with van der Waals surface area (Å²) in [7, 11) is 0. The second kappa shape index (κ2) is 5.13. The number of fused-ring (bicyclic) bond motifs is 1. The lowest BCUT2D eigenvalue weighted by Crippen LogP contribution is -2.23. The number of aryl methyl sites for hydroxylation is 1. The molecule has 4 rings (SSSR count). The Labute approximate surface area is 127 Å². The van der Waals surface area contributed by atoms with Crippen molar-refractivity contribution in [1.82, 2.24) is 19.9 Å². The molecule has 0 bridgehead atoms. The highest BCUT2D eigenvalue weighted by molar-refractivity contribution is 7.13. The van der Waals surface area contributed by atoms with Gasteiger partial charge in [-0.25, -0.2) is 4.98 Å². The zero-order valence-corrected chi connectivity index (χ0v) is 12.7. The van der Waals surface area contributed by atoms with E-state index in [2.05, 4.69) is 39.2 Å². The van der Waals surface area contributed by atoms with Crippen molar-refractivity contribution < 1.29 is 0 Å². The van der Waals surface area contributed by atoms with E-state index >= 15 is 0 Å². The van der Waals surface area contributed by atoms with Crippen molar-refractivity contribution in [3.63, 3.8) is 0 Å². The van der Waals surface area contributed by atoms with Gasteiger partial charge in [0.2, 0.25) is 0 Å². The maximum Gasteiger partial charge on any atom is 0.158 e. The van der Waals surface area contributed by atoms with Gasteiger partial charge in [-0.1, -0.05) is 6.07 Å². The third-order valence-electron chi connectivity index (χ3n) is 3.74. The second-order valence-electron chi connectivity index (χ2n) is 5.39. The van der Waals surface area contributed by atoms with Gasteiger partial charge in [0.15, 0.2) is 5.65 Å². The van der Waals surface area contributed by atoms with Gasteiger partial charge in [0, 0.05) is 30.4 Å². The van der Waals surface area contributed by atoms with Crippen LogP contribution >= 0.6 is 11.3 Å². The standard InChI is InChI=1S/C15H17N5S/c1-10-7-14(18-11-4-5-16-9-11)20-15(17-10)8-12(19-20)13-3-2-6-21-13/h2-3,6-8,11,16,18H,4-5,9H2,1H3. The first-order valence-corrected chi connectivity index (χ1v) is 8.06. The van der Waals surface area contributed by atoms with E-state index in [1.807, 2.05) is 17.5 Å². The number of hydrogen-bond acceptors (Lipinski definition) is 5. The molecule has 1 unspecified atom stereocenters. The first kappa shape index (κ1) is 12.8. The maximum atomic E-state index is 4.72. The van der Waals surface area contributed by atoms with Crippen molar-refractivity contribution in [3.8, 4) is 10.6 Å². The molecule has 0 spiro atoms. The molecule has 108 valence electrons. The van der Waals surface area contributed by atoms with Gasteiger partial charge in [-0.3, -0.25) is 0 Å². The Morgan fingerprint density at radius 2 is 2.38 bits per heavy atom. The lowest BCUT2D eigenvalue weighted by atomic mass is 10.2. The van der Waals surface area contributed by atoms with E-state index in [0.717, 1.165) is 42.4 Å². The molecule has 0 radical (unpaired) electrons. The summed E-state index contributed by atoms with van der Waals surface area (Å²) in [5, 5.41) is 13.8. The summed E-state index contributed by atoms with van der Waals surface area (Å²) in [6.45, 7) is 4.10. The molecule has 0 aromatic carbocycles. The lowest BCUT2D eigenvalue weighted by molar-refractivity contribution is 0.774. The van der Waals surface area contributed by atoms with Crippen molar-refractivity contribution in [3.05, 3.63) is 35.3 Å². The Morgan fingerprint density at radius 3 is 3.14 bits per heavy atom. The van der Waals surface area contributed by atoms with Gasteiger partial charge in [-0.05, 0) is 31.3 Å². The highest BCUT2D eigenvalue weighted by Gasteiger charge is 2.17. The monoisotopic (exact) mass is 299 g/mol. The van der Waals surface area contributed by atoms with E-state index in [1.54, 1.807) is 11.3 Å². The molecule has 1 saturated heterocycles. The largest absolute Gasteiger partial charge is 0.366 e. The fraction of sp³-hybridized carbons (Fsp3) is 0.333. The zero-order valence-electron chi connectivity index (χ0n) is 11.8. The number of thiophene rings is 1. The minimum atomic E-state index is 0.462. The Bertz CT molecular complexity index is 756. The number of aromatic nitrogens is 3. The molecule has 0 aliphatic carbocycles. The summed E-state index contributed by atoms with van der Waals surface area (Å²) in [5.74, 6) is 1.02. The fourth-order valence-corrected chi connectivity index (χ4v) is 3.42. The average Bonchev–Trinajstić information content (AvgIpc) is 3.19. The van der Waals surface area contributed by atoms with E-state index in [1.165, 1.54) is 4.88 Å². The number of hydrogen-bond donors (Lipinski definition) is 2. The first-order valence-electron chi connectivity index (χ1n) is 7.18. The van der Waals surface area contributed by atoms with Gasteiger partial charge in [0.05, 0.1) is 4.88 Å². The predicted molar refractivity (Wildman–Crippen MR) is 85.9 cm³/mol. The summed E-state index contributed by atoms with van der Waals surface area (Å²) >= 11 is 1.70. The molecule has 21 heavy (non-hydrogen) atoms. The van der Waals surface area contributed by atoms with Crippen LogP contribution in [0.1, 0.15) is 12.1 Å². The van der Waals surface area contributed by atoms with Crippen LogP contribution in [0, 0.1) is 6.92 Å². The Hall–Kier alpha value is -1.92. The Morgan fingerprint density at radius 1 is 1.43 bits per heavy atom. The summed E-state index contributed by atoms with van der Waals surface area (Å²) < 4.78 is 1.92. The Kier molecular flexibility index (Phi) is 3.12. The Balaban J connectivity index is 1.78. The maximum absolute atomic E-state index is 4.72. The van der Waals surface area contributed by atoms with Gasteiger partial charge in [-0.15, -0.1) is 11.3 Å². The molecule has 3 aromatic rings. The minimum absolute atomic E-state index is 0.462. The average molecular weight is 299 g/mol.